The van der Waals surface area contributed by atoms with Gasteiger partial charge in [0, 0.05) is 13.1 Å². The molecule has 0 aliphatic carbocycles. The van der Waals surface area contributed by atoms with E-state index in [9.17, 15) is 19.5 Å². The lowest BCUT2D eigenvalue weighted by Gasteiger charge is -2.11. The molecule has 0 unspecified atom stereocenters. The first kappa shape index (κ1) is 19.5. The highest BCUT2D eigenvalue weighted by atomic mass is 79.9. The second-order valence-corrected chi connectivity index (χ2v) is 5.39. The Morgan fingerprint density at radius 3 is 2.58 bits per heavy atom. The molecule has 0 aliphatic rings. The number of halogens is 1. The number of carbonyl (C=O) groups is 3. The Bertz CT molecular complexity index is 674. The van der Waals surface area contributed by atoms with E-state index < -0.39 is 24.0 Å². The van der Waals surface area contributed by atoms with Crippen LogP contribution in [0, 0.1) is 0 Å². The summed E-state index contributed by atoms with van der Waals surface area (Å²) in [5, 5.41) is 13.9. The predicted octanol–water partition coefficient (Wildman–Crippen LogP) is 1.56. The fraction of sp³-hybridized carbons (Fsp3) is 0.267. The molecular weight excluding hydrogens is 384 g/mol. The van der Waals surface area contributed by atoms with Gasteiger partial charge in [-0.2, -0.15) is 0 Å². The summed E-state index contributed by atoms with van der Waals surface area (Å²) in [6.07, 6.45) is 1.40. The third-order valence-corrected chi connectivity index (χ3v) is 3.41. The Hall–Kier alpha value is -2.55. The summed E-state index contributed by atoms with van der Waals surface area (Å²) in [4.78, 5) is 34.3. The van der Waals surface area contributed by atoms with Crippen molar-refractivity contribution in [1.82, 2.24) is 10.6 Å². The van der Waals surface area contributed by atoms with Gasteiger partial charge in [0.2, 0.25) is 0 Å². The minimum atomic E-state index is -1.14. The Morgan fingerprint density at radius 1 is 1.33 bits per heavy atom. The van der Waals surface area contributed by atoms with Crippen LogP contribution in [-0.2, 0) is 14.3 Å². The highest BCUT2D eigenvalue weighted by Crippen LogP contribution is 2.35. The quantitative estimate of drug-likeness (QED) is 0.510. The number of benzene rings is 1. The van der Waals surface area contributed by atoms with Crippen LogP contribution in [0.4, 0.5) is 4.79 Å². The van der Waals surface area contributed by atoms with E-state index in [0.717, 1.165) is 6.08 Å². The summed E-state index contributed by atoms with van der Waals surface area (Å²) in [6.45, 7) is 1.34. The Kier molecular flexibility index (Phi) is 7.25. The zero-order chi connectivity index (χ0) is 18.3. The molecule has 0 bridgehead atoms. The first-order valence-corrected chi connectivity index (χ1v) is 7.55. The van der Waals surface area contributed by atoms with Crippen molar-refractivity contribution in [3.05, 3.63) is 28.2 Å². The van der Waals surface area contributed by atoms with E-state index in [1.54, 1.807) is 6.07 Å². The van der Waals surface area contributed by atoms with E-state index >= 15 is 0 Å². The van der Waals surface area contributed by atoms with Gasteiger partial charge in [-0.25, -0.2) is 9.59 Å². The van der Waals surface area contributed by atoms with Gasteiger partial charge >= 0.3 is 12.0 Å². The molecule has 24 heavy (non-hydrogen) atoms. The zero-order valence-electron chi connectivity index (χ0n) is 13.3. The maximum atomic E-state index is 11.7. The number of carbonyl (C=O) groups excluding carboxylic acids is 3. The van der Waals surface area contributed by atoms with Crippen molar-refractivity contribution in [1.29, 1.82) is 0 Å². The summed E-state index contributed by atoms with van der Waals surface area (Å²) >= 11 is 3.16. The largest absolute Gasteiger partial charge is 0.503 e. The first-order chi connectivity index (χ1) is 11.3. The van der Waals surface area contributed by atoms with Crippen LogP contribution in [0.5, 0.6) is 11.5 Å². The summed E-state index contributed by atoms with van der Waals surface area (Å²) in [6, 6.07) is 2.40. The number of methoxy groups -OCH3 is 1. The van der Waals surface area contributed by atoms with Crippen molar-refractivity contribution in [2.45, 2.75) is 13.0 Å². The van der Waals surface area contributed by atoms with Gasteiger partial charge < -0.3 is 19.9 Å². The Labute approximate surface area is 146 Å². The normalized spacial score (nSPS) is 11.7. The predicted molar refractivity (Wildman–Crippen MR) is 89.5 cm³/mol. The molecule has 9 heteroatoms. The zero-order valence-corrected chi connectivity index (χ0v) is 14.8. The lowest BCUT2D eigenvalue weighted by Crippen LogP contribution is -2.43. The molecule has 0 heterocycles. The number of urea groups is 1. The number of phenols is 1. The molecule has 0 fully saturated rings. The van der Waals surface area contributed by atoms with Gasteiger partial charge in [0.1, 0.15) is 0 Å². The van der Waals surface area contributed by atoms with Crippen LogP contribution in [0.15, 0.2) is 22.7 Å². The van der Waals surface area contributed by atoms with Crippen molar-refractivity contribution in [3.63, 3.8) is 0 Å². The minimum Gasteiger partial charge on any atom is -0.503 e. The summed E-state index contributed by atoms with van der Waals surface area (Å²) in [7, 11) is 2.75. The summed E-state index contributed by atoms with van der Waals surface area (Å²) < 4.78 is 10.3. The molecule has 130 valence electrons. The standard InChI is InChI=1S/C15H17BrN2O6/c1-8(14(21)18-15(22)17-2)24-12(19)5-4-9-6-10(16)13(20)11(7-9)23-3/h4-8,20H,1-3H3,(H2,17,18,21,22)/b5-4+/t8-/m0/s1. The second kappa shape index (κ2) is 8.92. The van der Waals surface area contributed by atoms with E-state index in [1.165, 1.54) is 33.2 Å². The summed E-state index contributed by atoms with van der Waals surface area (Å²) in [5.41, 5.74) is 0.566. The topological polar surface area (TPSA) is 114 Å². The molecule has 0 spiro atoms. The number of phenolic OH excluding ortho intramolecular Hbond substituents is 1. The molecule has 0 radical (unpaired) electrons. The number of hydrogen-bond donors (Lipinski definition) is 3. The molecule has 3 N–H and O–H groups in total. The van der Waals surface area contributed by atoms with E-state index in [1.807, 2.05) is 5.32 Å². The number of esters is 1. The Morgan fingerprint density at radius 2 is 2.00 bits per heavy atom. The van der Waals surface area contributed by atoms with Gasteiger partial charge in [-0.3, -0.25) is 10.1 Å². The second-order valence-electron chi connectivity index (χ2n) is 4.53. The Balaban J connectivity index is 2.71. The van der Waals surface area contributed by atoms with Crippen LogP contribution < -0.4 is 15.4 Å². The average Bonchev–Trinajstić information content (AvgIpc) is 2.55. The molecule has 0 aliphatic heterocycles. The number of hydrogen-bond acceptors (Lipinski definition) is 6. The molecule has 0 saturated carbocycles. The smallest absolute Gasteiger partial charge is 0.331 e. The number of amides is 3. The van der Waals surface area contributed by atoms with Gasteiger partial charge in [0.25, 0.3) is 5.91 Å². The monoisotopic (exact) mass is 400 g/mol. The molecule has 1 aromatic rings. The molecule has 1 aromatic carbocycles. The molecule has 3 amide bonds. The van der Waals surface area contributed by atoms with Gasteiger partial charge in [0.05, 0.1) is 11.6 Å². The van der Waals surface area contributed by atoms with Crippen LogP contribution in [-0.4, -0.2) is 43.3 Å². The number of nitrogens with one attached hydrogen (secondary N) is 2. The van der Waals surface area contributed by atoms with Crippen LogP contribution in [0.2, 0.25) is 0 Å². The van der Waals surface area contributed by atoms with E-state index in [-0.39, 0.29) is 11.5 Å². The van der Waals surface area contributed by atoms with Crippen molar-refractivity contribution < 1.29 is 29.0 Å². The molecule has 1 atom stereocenters. The van der Waals surface area contributed by atoms with Crippen molar-refractivity contribution in [2.24, 2.45) is 0 Å². The fourth-order valence-corrected chi connectivity index (χ4v) is 2.01. The highest BCUT2D eigenvalue weighted by molar-refractivity contribution is 9.10. The van der Waals surface area contributed by atoms with Crippen LogP contribution >= 0.6 is 15.9 Å². The average molecular weight is 401 g/mol. The maximum Gasteiger partial charge on any atom is 0.331 e. The molecular formula is C15H17BrN2O6. The molecule has 0 aromatic heterocycles. The third-order valence-electron chi connectivity index (χ3n) is 2.81. The third kappa shape index (κ3) is 5.58. The van der Waals surface area contributed by atoms with E-state index in [4.69, 9.17) is 9.47 Å². The number of rotatable bonds is 5. The van der Waals surface area contributed by atoms with Crippen LogP contribution in [0.1, 0.15) is 12.5 Å². The van der Waals surface area contributed by atoms with Gasteiger partial charge in [-0.1, -0.05) is 0 Å². The molecule has 1 rings (SSSR count). The maximum absolute atomic E-state index is 11.7. The number of aromatic hydroxyl groups is 1. The van der Waals surface area contributed by atoms with Crippen molar-refractivity contribution in [2.75, 3.05) is 14.2 Å². The number of ether oxygens (including phenoxy) is 2. The van der Waals surface area contributed by atoms with E-state index in [0.29, 0.717) is 10.0 Å². The fourth-order valence-electron chi connectivity index (χ4n) is 1.55. The lowest BCUT2D eigenvalue weighted by atomic mass is 10.2. The molecule has 8 nitrogen and oxygen atoms in total. The van der Waals surface area contributed by atoms with E-state index in [2.05, 4.69) is 21.2 Å². The van der Waals surface area contributed by atoms with Crippen molar-refractivity contribution >= 4 is 39.9 Å². The van der Waals surface area contributed by atoms with Crippen LogP contribution in [0.3, 0.4) is 0 Å². The highest BCUT2D eigenvalue weighted by Gasteiger charge is 2.18. The molecule has 0 saturated heterocycles. The van der Waals surface area contributed by atoms with Gasteiger partial charge in [0.15, 0.2) is 17.6 Å². The first-order valence-electron chi connectivity index (χ1n) is 6.76. The van der Waals surface area contributed by atoms with Gasteiger partial charge in [-0.05, 0) is 46.6 Å². The lowest BCUT2D eigenvalue weighted by molar-refractivity contribution is -0.149. The van der Waals surface area contributed by atoms with Gasteiger partial charge in [-0.15, -0.1) is 0 Å². The summed E-state index contributed by atoms with van der Waals surface area (Å²) in [5.74, 6) is -1.34. The SMILES string of the molecule is CNC(=O)NC(=O)[C@H](C)OC(=O)/C=C/c1cc(Br)c(O)c(OC)c1. The van der Waals surface area contributed by atoms with Crippen LogP contribution in [0.25, 0.3) is 6.08 Å². The van der Waals surface area contributed by atoms with Crippen molar-refractivity contribution in [3.8, 4) is 11.5 Å². The minimum absolute atomic E-state index is 0.0586. The number of imide groups is 1.